The maximum atomic E-state index is 15.5. The van der Waals surface area contributed by atoms with Crippen molar-refractivity contribution < 1.29 is 22.3 Å². The van der Waals surface area contributed by atoms with E-state index in [1.807, 2.05) is 6.07 Å². The van der Waals surface area contributed by atoms with Gasteiger partial charge in [-0.25, -0.2) is 19.7 Å². The van der Waals surface area contributed by atoms with Crippen LogP contribution in [-0.4, -0.2) is 23.0 Å². The molecule has 34 heavy (non-hydrogen) atoms. The zero-order valence-corrected chi connectivity index (χ0v) is 17.7. The highest BCUT2D eigenvalue weighted by molar-refractivity contribution is 5.50. The van der Waals surface area contributed by atoms with Crippen LogP contribution in [0.4, 0.5) is 17.6 Å². The number of benzene rings is 2. The summed E-state index contributed by atoms with van der Waals surface area (Å²) in [6.45, 7) is -0.506. The number of aromatic nitrogens is 1. The van der Waals surface area contributed by atoms with E-state index in [0.717, 1.165) is 36.3 Å². The first-order valence-electron chi connectivity index (χ1n) is 9.92. The Morgan fingerprint density at radius 1 is 1.15 bits per heavy atom. The first-order chi connectivity index (χ1) is 16.2. The third-order valence-corrected chi connectivity index (χ3v) is 4.93. The molecular formula is C23H20F4N6O. The first kappa shape index (κ1) is 24.5. The van der Waals surface area contributed by atoms with Gasteiger partial charge in [0.15, 0.2) is 0 Å². The van der Waals surface area contributed by atoms with Crippen LogP contribution in [0.3, 0.4) is 0 Å². The van der Waals surface area contributed by atoms with Crippen molar-refractivity contribution in [1.29, 1.82) is 5.26 Å². The van der Waals surface area contributed by atoms with Gasteiger partial charge in [-0.1, -0.05) is 18.2 Å². The molecule has 0 aliphatic rings. The summed E-state index contributed by atoms with van der Waals surface area (Å²) in [5, 5.41) is 13.0. The van der Waals surface area contributed by atoms with Crippen molar-refractivity contribution in [3.63, 3.8) is 0 Å². The molecule has 0 amide bonds. The number of hydrogen-bond acceptors (Lipinski definition) is 6. The fourth-order valence-electron chi connectivity index (χ4n) is 3.20. The van der Waals surface area contributed by atoms with Gasteiger partial charge in [0.2, 0.25) is 0 Å². The molecule has 176 valence electrons. The van der Waals surface area contributed by atoms with Crippen LogP contribution in [0.1, 0.15) is 28.3 Å². The Labute approximate surface area is 192 Å². The Bertz CT molecular complexity index is 1180. The van der Waals surface area contributed by atoms with Crippen LogP contribution in [-0.2, 0) is 12.5 Å². The van der Waals surface area contributed by atoms with Crippen molar-refractivity contribution in [3.8, 4) is 11.8 Å². The number of hydrazine groups is 1. The van der Waals surface area contributed by atoms with E-state index in [4.69, 9.17) is 21.6 Å². The van der Waals surface area contributed by atoms with Crippen LogP contribution in [0.25, 0.3) is 0 Å². The SMILES string of the molecule is N#Cc1ccc(COc2ccc(C(F)(F)C(CN(N)/N=C\N)c3ccc(F)cc3F)nc2)cc1. The van der Waals surface area contributed by atoms with Gasteiger partial charge in [0.05, 0.1) is 30.3 Å². The normalized spacial score (nSPS) is 12.4. The van der Waals surface area contributed by atoms with Crippen LogP contribution >= 0.6 is 0 Å². The Morgan fingerprint density at radius 3 is 2.47 bits per heavy atom. The van der Waals surface area contributed by atoms with Crippen LogP contribution in [0.5, 0.6) is 5.75 Å². The lowest BCUT2D eigenvalue weighted by Gasteiger charge is -2.29. The van der Waals surface area contributed by atoms with E-state index in [2.05, 4.69) is 10.1 Å². The van der Waals surface area contributed by atoms with E-state index in [9.17, 15) is 8.78 Å². The van der Waals surface area contributed by atoms with Crippen LogP contribution in [0.2, 0.25) is 0 Å². The number of nitrogens with zero attached hydrogens (tertiary/aromatic N) is 4. The lowest BCUT2D eigenvalue weighted by molar-refractivity contribution is -0.0489. The van der Waals surface area contributed by atoms with E-state index >= 15 is 8.78 Å². The highest BCUT2D eigenvalue weighted by atomic mass is 19.3. The van der Waals surface area contributed by atoms with Crippen molar-refractivity contribution in [2.24, 2.45) is 16.7 Å². The van der Waals surface area contributed by atoms with Crippen molar-refractivity contribution in [2.45, 2.75) is 18.4 Å². The molecule has 1 aromatic heterocycles. The van der Waals surface area contributed by atoms with Gasteiger partial charge >= 0.3 is 0 Å². The van der Waals surface area contributed by atoms with Gasteiger partial charge in [0.1, 0.15) is 36.0 Å². The van der Waals surface area contributed by atoms with Gasteiger partial charge in [-0.05, 0) is 41.5 Å². The topological polar surface area (TPSA) is 114 Å². The molecule has 3 aromatic rings. The second kappa shape index (κ2) is 10.6. The molecule has 0 spiro atoms. The summed E-state index contributed by atoms with van der Waals surface area (Å²) in [6, 6.07) is 13.4. The quantitative estimate of drug-likeness (QED) is 0.161. The molecular weight excluding hydrogens is 452 g/mol. The van der Waals surface area contributed by atoms with Gasteiger partial charge in [-0.2, -0.15) is 19.1 Å². The number of ether oxygens (including phenoxy) is 1. The molecule has 0 aliphatic carbocycles. The molecule has 0 bridgehead atoms. The van der Waals surface area contributed by atoms with Crippen molar-refractivity contribution in [1.82, 2.24) is 10.1 Å². The summed E-state index contributed by atoms with van der Waals surface area (Å²) in [6.07, 6.45) is 1.91. The fraction of sp³-hybridized carbons (Fsp3) is 0.174. The predicted molar refractivity (Wildman–Crippen MR) is 116 cm³/mol. The molecule has 0 radical (unpaired) electrons. The van der Waals surface area contributed by atoms with Crippen LogP contribution in [0, 0.1) is 23.0 Å². The van der Waals surface area contributed by atoms with Crippen LogP contribution in [0.15, 0.2) is 65.9 Å². The maximum absolute atomic E-state index is 15.5. The second-order valence-electron chi connectivity index (χ2n) is 7.20. The Hall–Kier alpha value is -4.17. The average molecular weight is 472 g/mol. The van der Waals surface area contributed by atoms with E-state index < -0.39 is 41.3 Å². The van der Waals surface area contributed by atoms with Gasteiger partial charge in [-0.15, -0.1) is 0 Å². The fourth-order valence-corrected chi connectivity index (χ4v) is 3.20. The number of alkyl halides is 2. The van der Waals surface area contributed by atoms with Crippen molar-refractivity contribution >= 4 is 6.34 Å². The van der Waals surface area contributed by atoms with Gasteiger partial charge in [0, 0.05) is 6.07 Å². The predicted octanol–water partition coefficient (Wildman–Crippen LogP) is 3.76. The molecule has 11 heteroatoms. The molecule has 4 N–H and O–H groups in total. The number of hydrazone groups is 1. The van der Waals surface area contributed by atoms with E-state index in [-0.39, 0.29) is 12.4 Å². The monoisotopic (exact) mass is 472 g/mol. The molecule has 0 fully saturated rings. The van der Waals surface area contributed by atoms with E-state index in [0.29, 0.717) is 16.7 Å². The lowest BCUT2D eigenvalue weighted by atomic mass is 9.89. The van der Waals surface area contributed by atoms with E-state index in [1.54, 1.807) is 24.3 Å². The van der Waals surface area contributed by atoms with Gasteiger partial charge in [0.25, 0.3) is 5.92 Å². The zero-order valence-electron chi connectivity index (χ0n) is 17.7. The summed E-state index contributed by atoms with van der Waals surface area (Å²) in [5.41, 5.74) is 5.28. The molecule has 1 unspecified atom stereocenters. The Kier molecular flexibility index (Phi) is 7.65. The van der Waals surface area contributed by atoms with Crippen LogP contribution < -0.4 is 16.3 Å². The highest BCUT2D eigenvalue weighted by Gasteiger charge is 2.45. The molecule has 1 heterocycles. The van der Waals surface area contributed by atoms with Gasteiger partial charge in [-0.3, -0.25) is 4.98 Å². The summed E-state index contributed by atoms with van der Waals surface area (Å²) in [5.74, 6) is -1.84. The van der Waals surface area contributed by atoms with Crippen molar-refractivity contribution in [2.75, 3.05) is 6.54 Å². The van der Waals surface area contributed by atoms with E-state index in [1.165, 1.54) is 6.07 Å². The zero-order chi connectivity index (χ0) is 24.7. The molecule has 0 aliphatic heterocycles. The summed E-state index contributed by atoms with van der Waals surface area (Å²) >= 11 is 0. The number of hydrogen-bond donors (Lipinski definition) is 2. The molecule has 0 saturated heterocycles. The Morgan fingerprint density at radius 2 is 1.88 bits per heavy atom. The Balaban J connectivity index is 1.82. The largest absolute Gasteiger partial charge is 0.487 e. The lowest BCUT2D eigenvalue weighted by Crippen LogP contribution is -2.38. The average Bonchev–Trinajstić information content (AvgIpc) is 2.82. The number of nitriles is 1. The highest BCUT2D eigenvalue weighted by Crippen LogP contribution is 2.43. The summed E-state index contributed by atoms with van der Waals surface area (Å²) in [7, 11) is 0. The third-order valence-electron chi connectivity index (χ3n) is 4.93. The standard InChI is InChI=1S/C23H20F4N6O/c24-17-5-7-19(21(25)9-17)20(12-33(30)32-14-29)23(26,27)22-8-6-18(11-31-22)34-13-16-3-1-15(10-28)2-4-16/h1-9,11,14,20H,12-13,30H2,(H2,29,32). The minimum atomic E-state index is -3.72. The maximum Gasteiger partial charge on any atom is 0.298 e. The second-order valence-corrected chi connectivity index (χ2v) is 7.20. The summed E-state index contributed by atoms with van der Waals surface area (Å²) in [4.78, 5) is 3.80. The molecule has 2 aromatic carbocycles. The first-order valence-corrected chi connectivity index (χ1v) is 9.92. The third kappa shape index (κ3) is 5.79. The summed E-state index contributed by atoms with van der Waals surface area (Å²) < 4.78 is 64.3. The van der Waals surface area contributed by atoms with Gasteiger partial charge < -0.3 is 10.5 Å². The van der Waals surface area contributed by atoms with Crippen molar-refractivity contribution in [3.05, 3.63) is 94.8 Å². The molecule has 3 rings (SSSR count). The minimum absolute atomic E-state index is 0.131. The molecule has 1 atom stereocenters. The molecule has 0 saturated carbocycles. The minimum Gasteiger partial charge on any atom is -0.487 e. The molecule has 7 nitrogen and oxygen atoms in total. The smallest absolute Gasteiger partial charge is 0.298 e. The number of nitrogens with two attached hydrogens (primary N) is 2. The number of rotatable bonds is 9. The number of halogens is 4. The number of pyridine rings is 1.